The third kappa shape index (κ3) is 4.42. The Hall–Kier alpha value is -2.30. The average molecular weight is 271 g/mol. The van der Waals surface area contributed by atoms with E-state index in [1.807, 2.05) is 49.0 Å². The molecule has 0 aliphatic rings. The summed E-state index contributed by atoms with van der Waals surface area (Å²) in [7, 11) is 0. The van der Waals surface area contributed by atoms with Gasteiger partial charge in [0.05, 0.1) is 18.8 Å². The zero-order valence-corrected chi connectivity index (χ0v) is 12.0. The lowest BCUT2D eigenvalue weighted by Gasteiger charge is -2.07. The molecular weight excluding hydrogens is 250 g/mol. The van der Waals surface area contributed by atoms with Gasteiger partial charge in [-0.1, -0.05) is 30.3 Å². The minimum Gasteiger partial charge on any atom is -0.370 e. The van der Waals surface area contributed by atoms with Crippen LogP contribution in [0.15, 0.2) is 47.6 Å². The van der Waals surface area contributed by atoms with Crippen LogP contribution in [-0.4, -0.2) is 21.8 Å². The van der Waals surface area contributed by atoms with Crippen molar-refractivity contribution < 1.29 is 0 Å². The zero-order valence-electron chi connectivity index (χ0n) is 12.0. The summed E-state index contributed by atoms with van der Waals surface area (Å²) in [6, 6.07) is 12.5. The molecule has 0 aliphatic carbocycles. The van der Waals surface area contributed by atoms with Crippen molar-refractivity contribution >= 4 is 5.96 Å². The Morgan fingerprint density at radius 1 is 1.30 bits per heavy atom. The highest BCUT2D eigenvalue weighted by molar-refractivity contribution is 5.77. The molecule has 1 aromatic carbocycles. The lowest BCUT2D eigenvalue weighted by atomic mass is 10.2. The second kappa shape index (κ2) is 6.75. The topological polar surface area (TPSA) is 68.2 Å². The number of nitrogens with one attached hydrogen (secondary N) is 1. The fourth-order valence-corrected chi connectivity index (χ4v) is 1.85. The fourth-order valence-electron chi connectivity index (χ4n) is 1.85. The molecule has 0 saturated carbocycles. The number of hydrogen-bond acceptors (Lipinski definition) is 2. The number of rotatable bonds is 5. The Bertz CT molecular complexity index is 557. The molecule has 106 valence electrons. The number of benzene rings is 1. The van der Waals surface area contributed by atoms with E-state index in [9.17, 15) is 0 Å². The van der Waals surface area contributed by atoms with Crippen LogP contribution in [0, 0.1) is 0 Å². The van der Waals surface area contributed by atoms with Crippen molar-refractivity contribution in [2.24, 2.45) is 10.7 Å². The van der Waals surface area contributed by atoms with Gasteiger partial charge in [0.1, 0.15) is 0 Å². The fraction of sp³-hybridized carbons (Fsp3) is 0.333. The van der Waals surface area contributed by atoms with Gasteiger partial charge in [0.2, 0.25) is 0 Å². The normalized spacial score (nSPS) is 11.8. The van der Waals surface area contributed by atoms with E-state index in [1.165, 1.54) is 5.56 Å². The third-order valence-corrected chi connectivity index (χ3v) is 2.73. The monoisotopic (exact) mass is 271 g/mol. The molecule has 0 saturated heterocycles. The van der Waals surface area contributed by atoms with Crippen LogP contribution in [0.1, 0.15) is 25.1 Å². The number of nitrogens with two attached hydrogens (primary N) is 1. The molecule has 20 heavy (non-hydrogen) atoms. The number of nitrogens with zero attached hydrogens (tertiary/aromatic N) is 3. The standard InChI is InChI=1S/C15H21N5/c1-12(2)18-15(16)17-10-14-8-9-20(19-14)11-13-6-4-3-5-7-13/h3-9,12H,10-11H2,1-2H3,(H3,16,17,18). The molecule has 0 unspecified atom stereocenters. The highest BCUT2D eigenvalue weighted by Gasteiger charge is 2.00. The number of aliphatic imine (C=N–C) groups is 1. The van der Waals surface area contributed by atoms with E-state index >= 15 is 0 Å². The molecule has 0 bridgehead atoms. The Morgan fingerprint density at radius 2 is 2.05 bits per heavy atom. The van der Waals surface area contributed by atoms with E-state index < -0.39 is 0 Å². The predicted molar refractivity (Wildman–Crippen MR) is 81.4 cm³/mol. The molecule has 0 fully saturated rings. The summed E-state index contributed by atoms with van der Waals surface area (Å²) in [5.41, 5.74) is 7.90. The van der Waals surface area contributed by atoms with Gasteiger partial charge in [-0.25, -0.2) is 4.99 Å². The van der Waals surface area contributed by atoms with Crippen LogP contribution in [0.25, 0.3) is 0 Å². The molecule has 5 nitrogen and oxygen atoms in total. The molecule has 0 radical (unpaired) electrons. The summed E-state index contributed by atoms with van der Waals surface area (Å²) in [5, 5.41) is 7.54. The summed E-state index contributed by atoms with van der Waals surface area (Å²) < 4.78 is 1.91. The largest absolute Gasteiger partial charge is 0.370 e. The third-order valence-electron chi connectivity index (χ3n) is 2.73. The maximum atomic E-state index is 5.76. The van der Waals surface area contributed by atoms with Crippen LogP contribution < -0.4 is 11.1 Å². The molecule has 3 N–H and O–H groups in total. The first kappa shape index (κ1) is 14.1. The van der Waals surface area contributed by atoms with Crippen molar-refractivity contribution in [3.05, 3.63) is 53.9 Å². The Balaban J connectivity index is 1.92. The minimum atomic E-state index is 0.286. The van der Waals surface area contributed by atoms with Gasteiger partial charge in [0.25, 0.3) is 0 Å². The van der Waals surface area contributed by atoms with E-state index in [4.69, 9.17) is 5.73 Å². The number of aromatic nitrogens is 2. The summed E-state index contributed by atoms with van der Waals surface area (Å²) >= 11 is 0. The van der Waals surface area contributed by atoms with Crippen LogP contribution >= 0.6 is 0 Å². The summed E-state index contributed by atoms with van der Waals surface area (Å²) in [6.45, 7) is 5.31. The second-order valence-electron chi connectivity index (χ2n) is 4.99. The minimum absolute atomic E-state index is 0.286. The molecule has 1 heterocycles. The van der Waals surface area contributed by atoms with Gasteiger partial charge in [-0.3, -0.25) is 4.68 Å². The van der Waals surface area contributed by atoms with Crippen molar-refractivity contribution in [1.29, 1.82) is 0 Å². The smallest absolute Gasteiger partial charge is 0.189 e. The van der Waals surface area contributed by atoms with Crippen molar-refractivity contribution in [3.8, 4) is 0 Å². The SMILES string of the molecule is CC(C)NC(N)=NCc1ccn(Cc2ccccc2)n1. The Morgan fingerprint density at radius 3 is 2.75 bits per heavy atom. The van der Waals surface area contributed by atoms with E-state index in [0.717, 1.165) is 12.2 Å². The van der Waals surface area contributed by atoms with Gasteiger partial charge in [0, 0.05) is 12.2 Å². The molecule has 2 rings (SSSR count). The van der Waals surface area contributed by atoms with Crippen molar-refractivity contribution in [2.75, 3.05) is 0 Å². The molecule has 0 atom stereocenters. The highest BCUT2D eigenvalue weighted by atomic mass is 15.3. The van der Waals surface area contributed by atoms with Crippen LogP contribution in [-0.2, 0) is 13.1 Å². The first-order valence-corrected chi connectivity index (χ1v) is 6.76. The highest BCUT2D eigenvalue weighted by Crippen LogP contribution is 2.03. The molecule has 1 aromatic heterocycles. The molecule has 0 amide bonds. The zero-order chi connectivity index (χ0) is 14.4. The molecule has 5 heteroatoms. The van der Waals surface area contributed by atoms with Crippen LogP contribution in [0.4, 0.5) is 0 Å². The lowest BCUT2D eigenvalue weighted by Crippen LogP contribution is -2.36. The van der Waals surface area contributed by atoms with E-state index in [-0.39, 0.29) is 6.04 Å². The molecule has 0 aliphatic heterocycles. The number of hydrogen-bond donors (Lipinski definition) is 2. The maximum absolute atomic E-state index is 5.76. The van der Waals surface area contributed by atoms with Gasteiger partial charge < -0.3 is 11.1 Å². The van der Waals surface area contributed by atoms with E-state index in [1.54, 1.807) is 0 Å². The van der Waals surface area contributed by atoms with Gasteiger partial charge >= 0.3 is 0 Å². The van der Waals surface area contributed by atoms with Crippen molar-refractivity contribution in [1.82, 2.24) is 15.1 Å². The maximum Gasteiger partial charge on any atom is 0.189 e. The van der Waals surface area contributed by atoms with Crippen molar-refractivity contribution in [3.63, 3.8) is 0 Å². The number of guanidine groups is 1. The van der Waals surface area contributed by atoms with Crippen LogP contribution in [0.3, 0.4) is 0 Å². The summed E-state index contributed by atoms with van der Waals surface area (Å²) in [4.78, 5) is 4.26. The van der Waals surface area contributed by atoms with Gasteiger partial charge in [0.15, 0.2) is 5.96 Å². The van der Waals surface area contributed by atoms with Gasteiger partial charge in [-0.2, -0.15) is 5.10 Å². The summed E-state index contributed by atoms with van der Waals surface area (Å²) in [6.07, 6.45) is 1.96. The Labute approximate surface area is 119 Å². The van der Waals surface area contributed by atoms with Gasteiger partial charge in [-0.15, -0.1) is 0 Å². The summed E-state index contributed by atoms with van der Waals surface area (Å²) in [5.74, 6) is 0.456. The quantitative estimate of drug-likeness (QED) is 0.643. The second-order valence-corrected chi connectivity index (χ2v) is 4.99. The van der Waals surface area contributed by atoms with Crippen LogP contribution in [0.2, 0.25) is 0 Å². The Kier molecular flexibility index (Phi) is 4.76. The van der Waals surface area contributed by atoms with E-state index in [0.29, 0.717) is 12.5 Å². The lowest BCUT2D eigenvalue weighted by molar-refractivity contribution is 0.670. The molecule has 2 aromatic rings. The van der Waals surface area contributed by atoms with Crippen molar-refractivity contribution in [2.45, 2.75) is 33.0 Å². The molecule has 0 spiro atoms. The predicted octanol–water partition coefficient (Wildman–Crippen LogP) is 1.74. The first-order chi connectivity index (χ1) is 9.63. The van der Waals surface area contributed by atoms with Gasteiger partial charge in [-0.05, 0) is 25.5 Å². The van der Waals surface area contributed by atoms with Crippen LogP contribution in [0.5, 0.6) is 0 Å². The first-order valence-electron chi connectivity index (χ1n) is 6.76. The average Bonchev–Trinajstić information content (AvgIpc) is 2.84. The van der Waals surface area contributed by atoms with E-state index in [2.05, 4.69) is 27.5 Å². The molecular formula is C15H21N5.